The number of aryl methyl sites for hydroxylation is 2. The molecule has 0 N–H and O–H groups in total. The normalized spacial score (nSPS) is 12.3. The van der Waals surface area contributed by atoms with E-state index >= 15 is 0 Å². The van der Waals surface area contributed by atoms with Crippen LogP contribution in [0.3, 0.4) is 0 Å². The van der Waals surface area contributed by atoms with E-state index in [1.165, 1.54) is 17.3 Å². The Morgan fingerprint density at radius 2 is 2.00 bits per heavy atom. The van der Waals surface area contributed by atoms with E-state index in [1.54, 1.807) is 34.9 Å². The fraction of sp³-hybridized carbons (Fsp3) is 0.381. The van der Waals surface area contributed by atoms with Crippen LogP contribution in [0.5, 0.6) is 0 Å². The Morgan fingerprint density at radius 1 is 1.29 bits per heavy atom. The second-order valence-electron chi connectivity index (χ2n) is 6.86. The van der Waals surface area contributed by atoms with E-state index in [0.717, 1.165) is 22.5 Å². The first-order valence-electron chi connectivity index (χ1n) is 9.35. The minimum absolute atomic E-state index is 0.00869. The number of hydrogen-bond acceptors (Lipinski definition) is 5. The number of aromatic nitrogens is 2. The number of thioether (sulfide) groups is 1. The molecule has 0 spiro atoms. The highest BCUT2D eigenvalue weighted by Crippen LogP contribution is 2.27. The SMILES string of the molecule is CCc1cc2c(=O)n(CCc3ccccc3)c(S[C@@H](C)C(=O)N(C)C)nc2s1. The lowest BCUT2D eigenvalue weighted by Gasteiger charge is -2.18. The van der Waals surface area contributed by atoms with Gasteiger partial charge < -0.3 is 4.90 Å². The van der Waals surface area contributed by atoms with Gasteiger partial charge >= 0.3 is 0 Å². The van der Waals surface area contributed by atoms with E-state index < -0.39 is 0 Å². The first-order chi connectivity index (χ1) is 13.4. The largest absolute Gasteiger partial charge is 0.348 e. The zero-order chi connectivity index (χ0) is 20.3. The van der Waals surface area contributed by atoms with Gasteiger partial charge in [0.1, 0.15) is 4.83 Å². The van der Waals surface area contributed by atoms with Crippen LogP contribution < -0.4 is 5.56 Å². The molecular weight excluding hydrogens is 390 g/mol. The number of carbonyl (C=O) groups excluding carboxylic acids is 1. The zero-order valence-corrected chi connectivity index (χ0v) is 18.3. The van der Waals surface area contributed by atoms with Gasteiger partial charge in [0.25, 0.3) is 5.56 Å². The van der Waals surface area contributed by atoms with Crippen molar-refractivity contribution < 1.29 is 4.79 Å². The van der Waals surface area contributed by atoms with Crippen molar-refractivity contribution >= 4 is 39.2 Å². The van der Waals surface area contributed by atoms with Crippen LogP contribution in [0.1, 0.15) is 24.3 Å². The predicted octanol–water partition coefficient (Wildman–Crippen LogP) is 3.83. The Kier molecular flexibility index (Phi) is 6.57. The van der Waals surface area contributed by atoms with Crippen LogP contribution in [-0.4, -0.2) is 39.7 Å². The molecule has 1 amide bonds. The predicted molar refractivity (Wildman–Crippen MR) is 117 cm³/mol. The summed E-state index contributed by atoms with van der Waals surface area (Å²) in [7, 11) is 3.48. The quantitative estimate of drug-likeness (QED) is 0.435. The highest BCUT2D eigenvalue weighted by atomic mass is 32.2. The smallest absolute Gasteiger partial charge is 0.262 e. The van der Waals surface area contributed by atoms with Crippen LogP contribution in [-0.2, 0) is 24.2 Å². The number of nitrogens with zero attached hydrogens (tertiary/aromatic N) is 3. The highest BCUT2D eigenvalue weighted by molar-refractivity contribution is 8.00. The highest BCUT2D eigenvalue weighted by Gasteiger charge is 2.21. The molecule has 0 unspecified atom stereocenters. The second-order valence-corrected chi connectivity index (χ2v) is 9.29. The number of carbonyl (C=O) groups is 1. The monoisotopic (exact) mass is 415 g/mol. The summed E-state index contributed by atoms with van der Waals surface area (Å²) >= 11 is 2.91. The van der Waals surface area contributed by atoms with Gasteiger partial charge in [0, 0.05) is 25.5 Å². The molecule has 28 heavy (non-hydrogen) atoms. The Bertz CT molecular complexity index is 1030. The van der Waals surface area contributed by atoms with Gasteiger partial charge in [-0.05, 0) is 31.4 Å². The molecule has 148 valence electrons. The molecule has 0 aliphatic rings. The summed E-state index contributed by atoms with van der Waals surface area (Å²) in [5, 5.41) is 0.972. The molecule has 0 saturated heterocycles. The summed E-state index contributed by atoms with van der Waals surface area (Å²) in [6.07, 6.45) is 1.62. The van der Waals surface area contributed by atoms with Crippen molar-refractivity contribution in [3.8, 4) is 0 Å². The third-order valence-electron chi connectivity index (χ3n) is 4.55. The van der Waals surface area contributed by atoms with E-state index in [0.29, 0.717) is 17.1 Å². The first kappa shape index (κ1) is 20.6. The van der Waals surface area contributed by atoms with Crippen LogP contribution >= 0.6 is 23.1 Å². The van der Waals surface area contributed by atoms with E-state index in [1.807, 2.05) is 31.2 Å². The standard InChI is InChI=1S/C21H25N3O2S2/c1-5-16-13-17-18(28-16)22-21(27-14(2)19(25)23(3)4)24(20(17)26)12-11-15-9-7-6-8-10-15/h6-10,13-14H,5,11-12H2,1-4H3/t14-/m0/s1. The lowest BCUT2D eigenvalue weighted by molar-refractivity contribution is -0.127. The van der Waals surface area contributed by atoms with Crippen molar-refractivity contribution in [2.45, 2.75) is 43.6 Å². The van der Waals surface area contributed by atoms with Crippen LogP contribution in [0.25, 0.3) is 10.2 Å². The lowest BCUT2D eigenvalue weighted by Crippen LogP contribution is -2.31. The van der Waals surface area contributed by atoms with Gasteiger partial charge in [-0.15, -0.1) is 11.3 Å². The van der Waals surface area contributed by atoms with Gasteiger partial charge in [-0.25, -0.2) is 4.98 Å². The third-order valence-corrected chi connectivity index (χ3v) is 6.80. The minimum Gasteiger partial charge on any atom is -0.348 e. The fourth-order valence-electron chi connectivity index (χ4n) is 2.97. The van der Waals surface area contributed by atoms with Crippen molar-refractivity contribution in [3.05, 3.63) is 57.2 Å². The molecule has 0 aliphatic carbocycles. The molecule has 0 aliphatic heterocycles. The summed E-state index contributed by atoms with van der Waals surface area (Å²) in [6, 6.07) is 12.1. The molecule has 3 aromatic rings. The number of amides is 1. The van der Waals surface area contributed by atoms with E-state index in [-0.39, 0.29) is 16.7 Å². The molecule has 5 nitrogen and oxygen atoms in total. The lowest BCUT2D eigenvalue weighted by atomic mass is 10.1. The maximum absolute atomic E-state index is 13.2. The Hall–Kier alpha value is -2.12. The number of rotatable bonds is 7. The Balaban J connectivity index is 2.00. The molecule has 1 atom stereocenters. The van der Waals surface area contributed by atoms with Gasteiger partial charge in [-0.2, -0.15) is 0 Å². The number of fused-ring (bicyclic) bond motifs is 1. The molecule has 2 aromatic heterocycles. The fourth-order valence-corrected chi connectivity index (χ4v) is 5.06. The van der Waals surface area contributed by atoms with Crippen LogP contribution in [0.4, 0.5) is 0 Å². The van der Waals surface area contributed by atoms with E-state index in [2.05, 4.69) is 19.1 Å². The molecular formula is C21H25N3O2S2. The van der Waals surface area contributed by atoms with Gasteiger partial charge in [-0.3, -0.25) is 14.2 Å². The van der Waals surface area contributed by atoms with Gasteiger partial charge in [0.05, 0.1) is 10.6 Å². The van der Waals surface area contributed by atoms with Gasteiger partial charge in [-0.1, -0.05) is 49.0 Å². The average Bonchev–Trinajstić information content (AvgIpc) is 3.11. The van der Waals surface area contributed by atoms with Crippen molar-refractivity contribution in [1.29, 1.82) is 0 Å². The molecule has 0 saturated carbocycles. The zero-order valence-electron chi connectivity index (χ0n) is 16.6. The minimum atomic E-state index is -0.312. The molecule has 1 aromatic carbocycles. The summed E-state index contributed by atoms with van der Waals surface area (Å²) in [4.78, 5) is 33.8. The maximum atomic E-state index is 13.2. The molecule has 2 heterocycles. The molecule has 3 rings (SSSR count). The summed E-state index contributed by atoms with van der Waals surface area (Å²) in [5.41, 5.74) is 1.14. The average molecular weight is 416 g/mol. The van der Waals surface area contributed by atoms with Crippen LogP contribution in [0, 0.1) is 0 Å². The first-order valence-corrected chi connectivity index (χ1v) is 11.0. The van der Waals surface area contributed by atoms with E-state index in [9.17, 15) is 9.59 Å². The van der Waals surface area contributed by atoms with Crippen LogP contribution in [0.15, 0.2) is 46.3 Å². The van der Waals surface area contributed by atoms with Crippen LogP contribution in [0.2, 0.25) is 0 Å². The van der Waals surface area contributed by atoms with Gasteiger partial charge in [0.15, 0.2) is 5.16 Å². The second kappa shape index (κ2) is 8.92. The molecule has 0 fully saturated rings. The number of benzene rings is 1. The summed E-state index contributed by atoms with van der Waals surface area (Å²) in [6.45, 7) is 4.47. The maximum Gasteiger partial charge on any atom is 0.262 e. The summed E-state index contributed by atoms with van der Waals surface area (Å²) < 4.78 is 1.73. The van der Waals surface area contributed by atoms with E-state index in [4.69, 9.17) is 4.98 Å². The Morgan fingerprint density at radius 3 is 2.64 bits per heavy atom. The van der Waals surface area contributed by atoms with Crippen molar-refractivity contribution in [2.75, 3.05) is 14.1 Å². The van der Waals surface area contributed by atoms with Gasteiger partial charge in [0.2, 0.25) is 5.91 Å². The van der Waals surface area contributed by atoms with Crippen molar-refractivity contribution in [1.82, 2.24) is 14.5 Å². The molecule has 0 bridgehead atoms. The topological polar surface area (TPSA) is 55.2 Å². The number of thiophene rings is 1. The van der Waals surface area contributed by atoms with Crippen molar-refractivity contribution in [2.24, 2.45) is 0 Å². The number of hydrogen-bond donors (Lipinski definition) is 0. The Labute approximate surface area is 173 Å². The molecule has 0 radical (unpaired) electrons. The molecule has 7 heteroatoms. The van der Waals surface area contributed by atoms with Crippen molar-refractivity contribution in [3.63, 3.8) is 0 Å². The third kappa shape index (κ3) is 4.47. The summed E-state index contributed by atoms with van der Waals surface area (Å²) in [5.74, 6) is 0.00869.